The number of benzene rings is 1. The number of likely N-dealkylation sites (tertiary alicyclic amines) is 1. The first-order chi connectivity index (χ1) is 9.25. The predicted octanol–water partition coefficient (Wildman–Crippen LogP) is 1.97. The third-order valence-corrected chi connectivity index (χ3v) is 3.79. The number of hydrogen-bond donors (Lipinski definition) is 1. The average Bonchev–Trinajstić information content (AvgIpc) is 2.91. The molecule has 1 aliphatic rings. The van der Waals surface area contributed by atoms with Crippen LogP contribution in [0.25, 0.3) is 0 Å². The summed E-state index contributed by atoms with van der Waals surface area (Å²) >= 11 is 0. The summed E-state index contributed by atoms with van der Waals surface area (Å²) in [5.74, 6) is 0. The molecule has 1 aromatic carbocycles. The lowest BCUT2D eigenvalue weighted by atomic mass is 10.1. The Bertz CT molecular complexity index is 344. The van der Waals surface area contributed by atoms with Gasteiger partial charge in [0.2, 0.25) is 0 Å². The Morgan fingerprint density at radius 2 is 1.84 bits per heavy atom. The van der Waals surface area contributed by atoms with Crippen LogP contribution in [0.2, 0.25) is 0 Å². The van der Waals surface area contributed by atoms with Crippen molar-refractivity contribution >= 4 is 0 Å². The maximum atomic E-state index is 3.71. The standard InChI is InChI=1S/C16H27N3/c1-18(2)13-10-17-16(14-19-11-6-7-12-19)15-8-4-3-5-9-15/h3-5,8-9,16-17H,6-7,10-14H2,1-2H3/t16-/m1/s1. The molecule has 1 saturated heterocycles. The summed E-state index contributed by atoms with van der Waals surface area (Å²) in [6, 6.07) is 11.3. The second-order valence-corrected chi connectivity index (χ2v) is 5.73. The minimum absolute atomic E-state index is 0.458. The molecule has 0 bridgehead atoms. The second-order valence-electron chi connectivity index (χ2n) is 5.73. The minimum Gasteiger partial charge on any atom is -0.308 e. The van der Waals surface area contributed by atoms with Crippen molar-refractivity contribution in [1.82, 2.24) is 15.1 Å². The van der Waals surface area contributed by atoms with E-state index in [0.29, 0.717) is 6.04 Å². The molecule has 0 amide bonds. The van der Waals surface area contributed by atoms with Crippen molar-refractivity contribution in [3.8, 4) is 0 Å². The molecule has 0 aromatic heterocycles. The van der Waals surface area contributed by atoms with Crippen LogP contribution in [0.5, 0.6) is 0 Å². The lowest BCUT2D eigenvalue weighted by Gasteiger charge is -2.25. The molecule has 3 heteroatoms. The normalized spacial score (nSPS) is 18.1. The Morgan fingerprint density at radius 1 is 1.16 bits per heavy atom. The summed E-state index contributed by atoms with van der Waals surface area (Å²) in [6.45, 7) is 5.79. The van der Waals surface area contributed by atoms with Crippen molar-refractivity contribution in [2.45, 2.75) is 18.9 Å². The Balaban J connectivity index is 1.92. The van der Waals surface area contributed by atoms with Crippen molar-refractivity contribution < 1.29 is 0 Å². The van der Waals surface area contributed by atoms with E-state index in [4.69, 9.17) is 0 Å². The third-order valence-electron chi connectivity index (χ3n) is 3.79. The zero-order chi connectivity index (χ0) is 13.5. The molecular weight excluding hydrogens is 234 g/mol. The van der Waals surface area contributed by atoms with Crippen molar-refractivity contribution in [2.24, 2.45) is 0 Å². The first-order valence-corrected chi connectivity index (χ1v) is 7.41. The highest BCUT2D eigenvalue weighted by atomic mass is 15.2. The van der Waals surface area contributed by atoms with E-state index in [-0.39, 0.29) is 0 Å². The van der Waals surface area contributed by atoms with E-state index in [1.54, 1.807) is 0 Å². The number of rotatable bonds is 7. The summed E-state index contributed by atoms with van der Waals surface area (Å²) in [7, 11) is 4.25. The second kappa shape index (κ2) is 7.63. The molecule has 1 atom stereocenters. The van der Waals surface area contributed by atoms with Crippen LogP contribution in [-0.4, -0.2) is 56.6 Å². The monoisotopic (exact) mass is 261 g/mol. The molecule has 3 nitrogen and oxygen atoms in total. The van der Waals surface area contributed by atoms with Gasteiger partial charge in [-0.15, -0.1) is 0 Å². The van der Waals surface area contributed by atoms with Crippen molar-refractivity contribution in [1.29, 1.82) is 0 Å². The Morgan fingerprint density at radius 3 is 2.47 bits per heavy atom. The summed E-state index contributed by atoms with van der Waals surface area (Å²) in [5, 5.41) is 3.71. The molecule has 1 fully saturated rings. The molecule has 2 rings (SSSR count). The van der Waals surface area contributed by atoms with E-state index >= 15 is 0 Å². The smallest absolute Gasteiger partial charge is 0.0449 e. The minimum atomic E-state index is 0.458. The zero-order valence-electron chi connectivity index (χ0n) is 12.3. The lowest BCUT2D eigenvalue weighted by molar-refractivity contribution is 0.285. The van der Waals surface area contributed by atoms with Gasteiger partial charge in [-0.1, -0.05) is 30.3 Å². The van der Waals surface area contributed by atoms with E-state index in [0.717, 1.165) is 19.6 Å². The van der Waals surface area contributed by atoms with Gasteiger partial charge in [0.15, 0.2) is 0 Å². The topological polar surface area (TPSA) is 18.5 Å². The molecule has 0 spiro atoms. The molecule has 19 heavy (non-hydrogen) atoms. The highest BCUT2D eigenvalue weighted by Gasteiger charge is 2.18. The molecule has 1 N–H and O–H groups in total. The Hall–Kier alpha value is -0.900. The van der Waals surface area contributed by atoms with Crippen LogP contribution in [0, 0.1) is 0 Å². The molecule has 0 unspecified atom stereocenters. The van der Waals surface area contributed by atoms with E-state index in [2.05, 4.69) is 59.5 Å². The van der Waals surface area contributed by atoms with Gasteiger partial charge in [0.05, 0.1) is 0 Å². The quantitative estimate of drug-likeness (QED) is 0.809. The first-order valence-electron chi connectivity index (χ1n) is 7.41. The zero-order valence-corrected chi connectivity index (χ0v) is 12.3. The van der Waals surface area contributed by atoms with E-state index in [9.17, 15) is 0 Å². The van der Waals surface area contributed by atoms with Crippen molar-refractivity contribution in [3.63, 3.8) is 0 Å². The fraction of sp³-hybridized carbons (Fsp3) is 0.625. The molecule has 106 valence electrons. The fourth-order valence-corrected chi connectivity index (χ4v) is 2.66. The highest BCUT2D eigenvalue weighted by Crippen LogP contribution is 2.17. The SMILES string of the molecule is CN(C)CCN[C@H](CN1CCCC1)c1ccccc1. The predicted molar refractivity (Wildman–Crippen MR) is 81.4 cm³/mol. The van der Waals surface area contributed by atoms with Crippen LogP contribution in [0.15, 0.2) is 30.3 Å². The number of nitrogens with zero attached hydrogens (tertiary/aromatic N) is 2. The maximum absolute atomic E-state index is 3.71. The van der Waals surface area contributed by atoms with Crippen LogP contribution in [0.4, 0.5) is 0 Å². The Kier molecular flexibility index (Phi) is 5.83. The first kappa shape index (κ1) is 14.5. The number of nitrogens with one attached hydrogen (secondary N) is 1. The van der Waals surface area contributed by atoms with Gasteiger partial charge in [-0.25, -0.2) is 0 Å². The highest BCUT2D eigenvalue weighted by molar-refractivity contribution is 5.19. The molecule has 1 heterocycles. The van der Waals surface area contributed by atoms with Gasteiger partial charge >= 0.3 is 0 Å². The summed E-state index contributed by atoms with van der Waals surface area (Å²) in [5.41, 5.74) is 1.41. The molecule has 0 saturated carbocycles. The van der Waals surface area contributed by atoms with Crippen LogP contribution in [-0.2, 0) is 0 Å². The summed E-state index contributed by atoms with van der Waals surface area (Å²) < 4.78 is 0. The van der Waals surface area contributed by atoms with Crippen LogP contribution >= 0.6 is 0 Å². The molecule has 1 aromatic rings. The van der Waals surface area contributed by atoms with Gasteiger partial charge in [-0.2, -0.15) is 0 Å². The van der Waals surface area contributed by atoms with Gasteiger partial charge in [-0.05, 0) is 45.6 Å². The number of hydrogen-bond acceptors (Lipinski definition) is 3. The van der Waals surface area contributed by atoms with Gasteiger partial charge in [0.1, 0.15) is 0 Å². The maximum Gasteiger partial charge on any atom is 0.0449 e. The van der Waals surface area contributed by atoms with Crippen molar-refractivity contribution in [3.05, 3.63) is 35.9 Å². The molecule has 0 aliphatic carbocycles. The van der Waals surface area contributed by atoms with E-state index < -0.39 is 0 Å². The largest absolute Gasteiger partial charge is 0.308 e. The average molecular weight is 261 g/mol. The molecule has 0 radical (unpaired) electrons. The van der Waals surface area contributed by atoms with Gasteiger partial charge in [0.25, 0.3) is 0 Å². The van der Waals surface area contributed by atoms with Gasteiger partial charge in [0, 0.05) is 25.7 Å². The van der Waals surface area contributed by atoms with Crippen LogP contribution in [0.1, 0.15) is 24.4 Å². The summed E-state index contributed by atoms with van der Waals surface area (Å²) in [6.07, 6.45) is 2.72. The number of likely N-dealkylation sites (N-methyl/N-ethyl adjacent to an activating group) is 1. The molecule has 1 aliphatic heterocycles. The van der Waals surface area contributed by atoms with E-state index in [1.165, 1.54) is 31.5 Å². The molecular formula is C16H27N3. The Labute approximate surface area is 117 Å². The van der Waals surface area contributed by atoms with Crippen LogP contribution in [0.3, 0.4) is 0 Å². The van der Waals surface area contributed by atoms with Gasteiger partial charge < -0.3 is 15.1 Å². The fourth-order valence-electron chi connectivity index (χ4n) is 2.66. The third kappa shape index (κ3) is 4.94. The summed E-state index contributed by atoms with van der Waals surface area (Å²) in [4.78, 5) is 4.81. The van der Waals surface area contributed by atoms with E-state index in [1.807, 2.05) is 0 Å². The van der Waals surface area contributed by atoms with Crippen LogP contribution < -0.4 is 5.32 Å². The van der Waals surface area contributed by atoms with Gasteiger partial charge in [-0.3, -0.25) is 0 Å². The lowest BCUT2D eigenvalue weighted by Crippen LogP contribution is -2.36. The van der Waals surface area contributed by atoms with Crippen molar-refractivity contribution in [2.75, 3.05) is 46.8 Å².